The highest BCUT2D eigenvalue weighted by Gasteiger charge is 1.96. The molecule has 4 nitrogen and oxygen atoms in total. The molecule has 0 saturated carbocycles. The van der Waals surface area contributed by atoms with Crippen LogP contribution in [0.4, 0.5) is 0 Å². The molecule has 1 rings (SSSR count). The molecule has 0 spiro atoms. The van der Waals surface area contributed by atoms with Crippen LogP contribution in [0.3, 0.4) is 0 Å². The summed E-state index contributed by atoms with van der Waals surface area (Å²) in [7, 11) is 0. The van der Waals surface area contributed by atoms with E-state index in [1.54, 1.807) is 18.3 Å². The van der Waals surface area contributed by atoms with Crippen molar-refractivity contribution in [3.63, 3.8) is 0 Å². The minimum atomic E-state index is -0.366. The summed E-state index contributed by atoms with van der Waals surface area (Å²) in [4.78, 5) is 15.2. The summed E-state index contributed by atoms with van der Waals surface area (Å²) in [6, 6.07) is 0. The van der Waals surface area contributed by atoms with Crippen LogP contribution in [-0.4, -0.2) is 16.0 Å². The Bertz CT molecular complexity index is 320. The lowest BCUT2D eigenvalue weighted by molar-refractivity contribution is -0.117. The van der Waals surface area contributed by atoms with E-state index in [1.807, 2.05) is 0 Å². The molecule has 0 aliphatic carbocycles. The van der Waals surface area contributed by atoms with Gasteiger partial charge < -0.3 is 10.8 Å². The molecule has 1 aromatic heterocycles. The summed E-state index contributed by atoms with van der Waals surface area (Å²) in [6.07, 6.45) is 5.19. The maximum atomic E-state index is 10.4. The zero-order chi connectivity index (χ0) is 9.68. The number of carbonyl (C=O) groups excluding carboxylic acids is 1. The summed E-state index contributed by atoms with van der Waals surface area (Å²) in [5.41, 5.74) is 4.94. The molecule has 0 bridgehead atoms. The first-order chi connectivity index (χ1) is 6.22. The van der Waals surface area contributed by atoms with E-state index in [2.05, 4.69) is 4.98 Å². The average molecular weight is 198 g/mol. The number of carbonyl (C=O) groups is 1. The van der Waals surface area contributed by atoms with Crippen LogP contribution >= 0.6 is 11.3 Å². The first kappa shape index (κ1) is 9.88. The van der Waals surface area contributed by atoms with Gasteiger partial charge in [-0.2, -0.15) is 0 Å². The summed E-state index contributed by atoms with van der Waals surface area (Å²) >= 11 is 1.38. The number of aliphatic hydroxyl groups is 1. The van der Waals surface area contributed by atoms with Crippen molar-refractivity contribution in [3.8, 4) is 0 Å². The van der Waals surface area contributed by atoms with Gasteiger partial charge in [-0.1, -0.05) is 6.08 Å². The smallest absolute Gasteiger partial charge is 0.221 e. The Morgan fingerprint density at radius 1 is 1.77 bits per heavy atom. The number of thiazole rings is 1. The highest BCUT2D eigenvalue weighted by molar-refractivity contribution is 7.12. The van der Waals surface area contributed by atoms with Crippen LogP contribution in [0, 0.1) is 0 Å². The number of hydrogen-bond acceptors (Lipinski definition) is 4. The summed E-state index contributed by atoms with van der Waals surface area (Å²) in [6.45, 7) is 0.00132. The van der Waals surface area contributed by atoms with E-state index < -0.39 is 0 Å². The van der Waals surface area contributed by atoms with Crippen molar-refractivity contribution in [2.24, 2.45) is 5.73 Å². The number of nitrogens with two attached hydrogens (primary N) is 1. The van der Waals surface area contributed by atoms with Crippen LogP contribution in [-0.2, 0) is 11.4 Å². The Hall–Kier alpha value is -1.20. The lowest BCUT2D eigenvalue weighted by atomic mass is 10.4. The van der Waals surface area contributed by atoms with Crippen molar-refractivity contribution in [2.45, 2.75) is 13.0 Å². The number of rotatable bonds is 4. The molecule has 1 heterocycles. The first-order valence-electron chi connectivity index (χ1n) is 3.73. The van der Waals surface area contributed by atoms with Crippen LogP contribution in [0.25, 0.3) is 6.08 Å². The van der Waals surface area contributed by atoms with Gasteiger partial charge in [-0.25, -0.2) is 4.98 Å². The number of aromatic nitrogens is 1. The predicted molar refractivity (Wildman–Crippen MR) is 50.9 cm³/mol. The lowest BCUT2D eigenvalue weighted by Crippen LogP contribution is -2.07. The van der Waals surface area contributed by atoms with Crippen LogP contribution in [0.2, 0.25) is 0 Å². The third-order valence-electron chi connectivity index (χ3n) is 1.31. The molecule has 3 N–H and O–H groups in total. The molecule has 0 aromatic carbocycles. The van der Waals surface area contributed by atoms with Crippen molar-refractivity contribution < 1.29 is 9.90 Å². The molecule has 70 valence electrons. The third-order valence-corrected chi connectivity index (χ3v) is 2.25. The van der Waals surface area contributed by atoms with Crippen molar-refractivity contribution in [3.05, 3.63) is 22.2 Å². The standard InChI is InChI=1S/C8H10N2O2S/c9-7(12)2-1-3-8-10-4-6(5-11)13-8/h1,3-4,11H,2,5H2,(H2,9,12). The molecule has 0 unspecified atom stereocenters. The van der Waals surface area contributed by atoms with Gasteiger partial charge >= 0.3 is 0 Å². The molecule has 0 fully saturated rings. The molecule has 0 saturated heterocycles. The molecule has 0 atom stereocenters. The maximum absolute atomic E-state index is 10.4. The number of primary amides is 1. The number of amides is 1. The highest BCUT2D eigenvalue weighted by atomic mass is 32.1. The number of nitrogens with zero attached hydrogens (tertiary/aromatic N) is 1. The van der Waals surface area contributed by atoms with E-state index >= 15 is 0 Å². The minimum Gasteiger partial charge on any atom is -0.391 e. The van der Waals surface area contributed by atoms with Gasteiger partial charge in [0.1, 0.15) is 5.01 Å². The first-order valence-corrected chi connectivity index (χ1v) is 4.54. The summed E-state index contributed by atoms with van der Waals surface area (Å²) < 4.78 is 0. The van der Waals surface area contributed by atoms with Crippen LogP contribution in [0.5, 0.6) is 0 Å². The van der Waals surface area contributed by atoms with E-state index in [4.69, 9.17) is 10.8 Å². The van der Waals surface area contributed by atoms with Gasteiger partial charge in [0.15, 0.2) is 0 Å². The van der Waals surface area contributed by atoms with Crippen molar-refractivity contribution >= 4 is 23.3 Å². The molecule has 0 radical (unpaired) electrons. The molecular weight excluding hydrogens is 188 g/mol. The van der Waals surface area contributed by atoms with Gasteiger partial charge in [0, 0.05) is 12.6 Å². The SMILES string of the molecule is NC(=O)CC=Cc1ncc(CO)s1. The zero-order valence-electron chi connectivity index (χ0n) is 6.93. The van der Waals surface area contributed by atoms with Gasteiger partial charge in [-0.3, -0.25) is 4.79 Å². The van der Waals surface area contributed by atoms with Crippen molar-refractivity contribution in [1.82, 2.24) is 4.98 Å². The van der Waals surface area contributed by atoms with Gasteiger partial charge in [0.05, 0.1) is 11.5 Å². The van der Waals surface area contributed by atoms with Gasteiger partial charge in [-0.15, -0.1) is 11.3 Å². The van der Waals surface area contributed by atoms with E-state index in [0.717, 1.165) is 9.88 Å². The Kier molecular flexibility index (Phi) is 3.60. The second kappa shape index (κ2) is 4.74. The molecule has 1 aromatic rings. The lowest BCUT2D eigenvalue weighted by Gasteiger charge is -1.84. The third kappa shape index (κ3) is 3.35. The molecule has 13 heavy (non-hydrogen) atoms. The second-order valence-corrected chi connectivity index (χ2v) is 3.54. The zero-order valence-corrected chi connectivity index (χ0v) is 7.75. The highest BCUT2D eigenvalue weighted by Crippen LogP contribution is 2.13. The Balaban J connectivity index is 2.53. The van der Waals surface area contributed by atoms with E-state index in [-0.39, 0.29) is 18.9 Å². The Labute approximate surface area is 79.7 Å². The molecular formula is C8H10N2O2S. The Morgan fingerprint density at radius 2 is 2.54 bits per heavy atom. The average Bonchev–Trinajstić information content (AvgIpc) is 2.52. The fourth-order valence-electron chi connectivity index (χ4n) is 0.749. The molecule has 5 heteroatoms. The fourth-order valence-corrected chi connectivity index (χ4v) is 1.46. The van der Waals surface area contributed by atoms with Crippen molar-refractivity contribution in [1.29, 1.82) is 0 Å². The molecule has 1 amide bonds. The van der Waals surface area contributed by atoms with Crippen molar-refractivity contribution in [2.75, 3.05) is 0 Å². The van der Waals surface area contributed by atoms with Gasteiger partial charge in [-0.05, 0) is 6.08 Å². The van der Waals surface area contributed by atoms with E-state index in [0.29, 0.717) is 0 Å². The normalized spacial score (nSPS) is 10.8. The van der Waals surface area contributed by atoms with Gasteiger partial charge in [0.2, 0.25) is 5.91 Å². The Morgan fingerprint density at radius 3 is 3.08 bits per heavy atom. The van der Waals surface area contributed by atoms with Gasteiger partial charge in [0.25, 0.3) is 0 Å². The number of hydrogen-bond donors (Lipinski definition) is 2. The monoisotopic (exact) mass is 198 g/mol. The number of aliphatic hydroxyl groups excluding tert-OH is 1. The fraction of sp³-hybridized carbons (Fsp3) is 0.250. The minimum absolute atomic E-state index is 0.00132. The van der Waals surface area contributed by atoms with Crippen LogP contribution in [0.15, 0.2) is 12.3 Å². The largest absolute Gasteiger partial charge is 0.391 e. The quantitative estimate of drug-likeness (QED) is 0.740. The summed E-state index contributed by atoms with van der Waals surface area (Å²) in [5.74, 6) is -0.366. The topological polar surface area (TPSA) is 76.2 Å². The molecule has 0 aliphatic heterocycles. The summed E-state index contributed by atoms with van der Waals surface area (Å²) in [5, 5.41) is 9.51. The second-order valence-electron chi connectivity index (χ2n) is 2.40. The van der Waals surface area contributed by atoms with E-state index in [9.17, 15) is 4.79 Å². The predicted octanol–water partition coefficient (Wildman–Crippen LogP) is 0.524. The van der Waals surface area contributed by atoms with E-state index in [1.165, 1.54) is 11.3 Å². The van der Waals surface area contributed by atoms with Crippen LogP contribution in [0.1, 0.15) is 16.3 Å². The molecule has 0 aliphatic rings. The van der Waals surface area contributed by atoms with Crippen LogP contribution < -0.4 is 5.73 Å². The maximum Gasteiger partial charge on any atom is 0.221 e.